The van der Waals surface area contributed by atoms with E-state index in [2.05, 4.69) is 52.0 Å². The van der Waals surface area contributed by atoms with Gasteiger partial charge in [-0.2, -0.15) is 0 Å². The average Bonchev–Trinajstić information content (AvgIpc) is 2.69. The van der Waals surface area contributed by atoms with E-state index in [-0.39, 0.29) is 11.9 Å². The van der Waals surface area contributed by atoms with Crippen molar-refractivity contribution in [3.8, 4) is 5.75 Å². The third-order valence-corrected chi connectivity index (χ3v) is 5.38. The van der Waals surface area contributed by atoms with Crippen molar-refractivity contribution < 1.29 is 9.53 Å². The zero-order valence-corrected chi connectivity index (χ0v) is 17.4. The van der Waals surface area contributed by atoms with Crippen LogP contribution in [-0.4, -0.2) is 55.0 Å². The summed E-state index contributed by atoms with van der Waals surface area (Å²) < 4.78 is 6.25. The summed E-state index contributed by atoms with van der Waals surface area (Å²) in [7, 11) is 1.63. The van der Waals surface area contributed by atoms with Gasteiger partial charge in [-0.1, -0.05) is 40.2 Å². The first-order chi connectivity index (χ1) is 13.1. The van der Waals surface area contributed by atoms with Crippen molar-refractivity contribution in [2.75, 3.05) is 33.3 Å². The predicted octanol–water partition coefficient (Wildman–Crippen LogP) is 4.32. The maximum Gasteiger partial charge on any atom is 0.254 e. The van der Waals surface area contributed by atoms with Gasteiger partial charge in [-0.15, -0.1) is 0 Å². The average molecular weight is 429 g/mol. The molecule has 0 radical (unpaired) electrons. The van der Waals surface area contributed by atoms with Crippen LogP contribution in [0, 0.1) is 0 Å². The fraction of sp³-hybridized carbons (Fsp3) is 0.318. The van der Waals surface area contributed by atoms with Crippen LogP contribution in [0.25, 0.3) is 6.08 Å². The Labute approximate surface area is 169 Å². The van der Waals surface area contributed by atoms with E-state index < -0.39 is 0 Å². The van der Waals surface area contributed by atoms with E-state index >= 15 is 0 Å². The van der Waals surface area contributed by atoms with Gasteiger partial charge in [-0.05, 0) is 48.9 Å². The van der Waals surface area contributed by atoms with Crippen LogP contribution in [0.1, 0.15) is 22.8 Å². The molecule has 0 bridgehead atoms. The van der Waals surface area contributed by atoms with E-state index in [4.69, 9.17) is 4.74 Å². The highest BCUT2D eigenvalue weighted by atomic mass is 79.9. The van der Waals surface area contributed by atoms with Gasteiger partial charge in [0.25, 0.3) is 5.91 Å². The molecule has 4 nitrogen and oxygen atoms in total. The monoisotopic (exact) mass is 428 g/mol. The van der Waals surface area contributed by atoms with Crippen LogP contribution in [0.3, 0.4) is 0 Å². The lowest BCUT2D eigenvalue weighted by molar-refractivity contribution is 0.0511. The minimum absolute atomic E-state index is 0.0928. The Morgan fingerprint density at radius 1 is 1.15 bits per heavy atom. The topological polar surface area (TPSA) is 32.8 Å². The van der Waals surface area contributed by atoms with Gasteiger partial charge in [-0.25, -0.2) is 0 Å². The van der Waals surface area contributed by atoms with Gasteiger partial charge in [0.15, 0.2) is 0 Å². The fourth-order valence-electron chi connectivity index (χ4n) is 3.31. The van der Waals surface area contributed by atoms with Gasteiger partial charge in [-0.3, -0.25) is 9.69 Å². The Hall–Kier alpha value is -2.11. The van der Waals surface area contributed by atoms with Crippen molar-refractivity contribution in [3.05, 3.63) is 70.2 Å². The number of hydrogen-bond acceptors (Lipinski definition) is 3. The van der Waals surface area contributed by atoms with E-state index in [9.17, 15) is 4.79 Å². The summed E-state index contributed by atoms with van der Waals surface area (Å²) >= 11 is 3.45. The van der Waals surface area contributed by atoms with Crippen LogP contribution in [-0.2, 0) is 0 Å². The second-order valence-electron chi connectivity index (χ2n) is 6.79. The first-order valence-electron chi connectivity index (χ1n) is 9.16. The first kappa shape index (κ1) is 19.6. The Balaban J connectivity index is 1.53. The van der Waals surface area contributed by atoms with Crippen molar-refractivity contribution in [3.63, 3.8) is 0 Å². The van der Waals surface area contributed by atoms with E-state index in [0.717, 1.165) is 36.4 Å². The summed E-state index contributed by atoms with van der Waals surface area (Å²) in [5.74, 6) is 0.859. The van der Waals surface area contributed by atoms with Crippen LogP contribution in [0.15, 0.2) is 59.1 Å². The fourth-order valence-corrected chi connectivity index (χ4v) is 3.58. The molecule has 0 N–H and O–H groups in total. The van der Waals surface area contributed by atoms with Crippen LogP contribution < -0.4 is 4.74 Å². The summed E-state index contributed by atoms with van der Waals surface area (Å²) in [6.07, 6.45) is 4.34. The number of methoxy groups -OCH3 is 1. The lowest BCUT2D eigenvalue weighted by Gasteiger charge is -2.39. The second kappa shape index (κ2) is 9.20. The van der Waals surface area contributed by atoms with Crippen LogP contribution in [0.5, 0.6) is 5.75 Å². The summed E-state index contributed by atoms with van der Waals surface area (Å²) in [6.45, 7) is 5.53. The SMILES string of the molecule is COc1ccc(C(=O)N2CCN(C/C=C/c3ccc(Br)cc3)CC2C)cc1. The van der Waals surface area contributed by atoms with Crippen molar-refractivity contribution >= 4 is 27.9 Å². The molecule has 1 atom stereocenters. The molecule has 0 aromatic heterocycles. The third kappa shape index (κ3) is 5.21. The molecular formula is C22H25BrN2O2. The Bertz CT molecular complexity index is 787. The molecule has 1 amide bonds. The summed E-state index contributed by atoms with van der Waals surface area (Å²) in [4.78, 5) is 17.1. The van der Waals surface area contributed by atoms with Gasteiger partial charge < -0.3 is 9.64 Å². The number of hydrogen-bond donors (Lipinski definition) is 0. The van der Waals surface area contributed by atoms with Crippen molar-refractivity contribution in [1.82, 2.24) is 9.80 Å². The highest BCUT2D eigenvalue weighted by Gasteiger charge is 2.27. The van der Waals surface area contributed by atoms with Crippen molar-refractivity contribution in [1.29, 1.82) is 0 Å². The van der Waals surface area contributed by atoms with Gasteiger partial charge >= 0.3 is 0 Å². The number of carbonyl (C=O) groups is 1. The third-order valence-electron chi connectivity index (χ3n) is 4.85. The summed E-state index contributed by atoms with van der Waals surface area (Å²) in [6, 6.07) is 15.8. The normalized spacial score (nSPS) is 18.0. The Morgan fingerprint density at radius 2 is 1.85 bits per heavy atom. The number of benzene rings is 2. The van der Waals surface area contributed by atoms with Gasteiger partial charge in [0.2, 0.25) is 0 Å². The molecule has 2 aromatic carbocycles. The largest absolute Gasteiger partial charge is 0.497 e. The second-order valence-corrected chi connectivity index (χ2v) is 7.71. The molecule has 1 aliphatic heterocycles. The molecule has 1 aliphatic rings. The molecule has 1 saturated heterocycles. The lowest BCUT2D eigenvalue weighted by atomic mass is 10.1. The van der Waals surface area contributed by atoms with Crippen LogP contribution in [0.2, 0.25) is 0 Å². The van der Waals surface area contributed by atoms with Crippen LogP contribution in [0.4, 0.5) is 0 Å². The van der Waals surface area contributed by atoms with E-state index in [0.29, 0.717) is 5.56 Å². The van der Waals surface area contributed by atoms with Crippen molar-refractivity contribution in [2.45, 2.75) is 13.0 Å². The first-order valence-corrected chi connectivity index (χ1v) is 9.95. The van der Waals surface area contributed by atoms with Gasteiger partial charge in [0.05, 0.1) is 7.11 Å². The molecule has 1 heterocycles. The smallest absolute Gasteiger partial charge is 0.254 e. The summed E-state index contributed by atoms with van der Waals surface area (Å²) in [5.41, 5.74) is 1.91. The number of ether oxygens (including phenoxy) is 1. The zero-order valence-electron chi connectivity index (χ0n) is 15.8. The highest BCUT2D eigenvalue weighted by Crippen LogP contribution is 2.17. The molecule has 3 rings (SSSR count). The molecule has 1 fully saturated rings. The molecular weight excluding hydrogens is 404 g/mol. The standard InChI is InChI=1S/C22H25BrN2O2/c1-17-16-24(13-3-4-18-5-9-20(23)10-6-18)14-15-25(17)22(26)19-7-11-21(27-2)12-8-19/h3-12,17H,13-16H2,1-2H3/b4-3+. The Kier molecular flexibility index (Phi) is 6.69. The molecule has 0 saturated carbocycles. The molecule has 2 aromatic rings. The highest BCUT2D eigenvalue weighted by molar-refractivity contribution is 9.10. The number of rotatable bonds is 5. The molecule has 1 unspecified atom stereocenters. The van der Waals surface area contributed by atoms with Gasteiger partial charge in [0.1, 0.15) is 5.75 Å². The van der Waals surface area contributed by atoms with E-state index in [1.807, 2.05) is 41.3 Å². The maximum atomic E-state index is 12.8. The lowest BCUT2D eigenvalue weighted by Crippen LogP contribution is -2.53. The molecule has 0 aliphatic carbocycles. The number of halogens is 1. The Morgan fingerprint density at radius 3 is 2.48 bits per heavy atom. The maximum absolute atomic E-state index is 12.8. The zero-order chi connectivity index (χ0) is 19.2. The molecule has 142 valence electrons. The predicted molar refractivity (Wildman–Crippen MR) is 113 cm³/mol. The van der Waals surface area contributed by atoms with Crippen LogP contribution >= 0.6 is 15.9 Å². The molecule has 27 heavy (non-hydrogen) atoms. The summed E-state index contributed by atoms with van der Waals surface area (Å²) in [5, 5.41) is 0. The van der Waals surface area contributed by atoms with Gasteiger partial charge in [0, 0.05) is 42.3 Å². The number of piperazine rings is 1. The quantitative estimate of drug-likeness (QED) is 0.710. The van der Waals surface area contributed by atoms with E-state index in [1.165, 1.54) is 5.56 Å². The number of amides is 1. The number of carbonyl (C=O) groups excluding carboxylic acids is 1. The van der Waals surface area contributed by atoms with Crippen molar-refractivity contribution in [2.24, 2.45) is 0 Å². The number of nitrogens with zero attached hydrogens (tertiary/aromatic N) is 2. The molecule has 0 spiro atoms. The molecule has 5 heteroatoms. The van der Waals surface area contributed by atoms with E-state index in [1.54, 1.807) is 7.11 Å². The minimum Gasteiger partial charge on any atom is -0.497 e. The minimum atomic E-state index is 0.0928.